The standard InChI is InChI=1S/C6H14N2O/c7-6(5-9)2-1-3-8-4-6/h8-9H,1-5,7H2. The average Bonchev–Trinajstić information content (AvgIpc) is 1.90. The van der Waals surface area contributed by atoms with Crippen molar-refractivity contribution in [1.82, 2.24) is 5.32 Å². The molecule has 1 rings (SSSR count). The van der Waals surface area contributed by atoms with Gasteiger partial charge in [-0.1, -0.05) is 0 Å². The van der Waals surface area contributed by atoms with Gasteiger partial charge >= 0.3 is 0 Å². The van der Waals surface area contributed by atoms with Crippen LogP contribution in [0.3, 0.4) is 0 Å². The molecule has 0 aliphatic carbocycles. The van der Waals surface area contributed by atoms with Crippen LogP contribution in [0.5, 0.6) is 0 Å². The van der Waals surface area contributed by atoms with Crippen molar-refractivity contribution < 1.29 is 5.11 Å². The van der Waals surface area contributed by atoms with Crippen LogP contribution in [0, 0.1) is 0 Å². The average molecular weight is 130 g/mol. The van der Waals surface area contributed by atoms with E-state index < -0.39 is 0 Å². The second kappa shape index (κ2) is 2.64. The summed E-state index contributed by atoms with van der Waals surface area (Å²) in [5.74, 6) is 0. The zero-order valence-electron chi connectivity index (χ0n) is 5.56. The van der Waals surface area contributed by atoms with Crippen LogP contribution in [0.25, 0.3) is 0 Å². The van der Waals surface area contributed by atoms with Gasteiger partial charge in [-0.25, -0.2) is 0 Å². The Bertz CT molecular complexity index is 89.1. The number of piperidine rings is 1. The first-order valence-corrected chi connectivity index (χ1v) is 3.37. The summed E-state index contributed by atoms with van der Waals surface area (Å²) in [5.41, 5.74) is 5.41. The van der Waals surface area contributed by atoms with Crippen LogP contribution in [0.15, 0.2) is 0 Å². The van der Waals surface area contributed by atoms with E-state index in [-0.39, 0.29) is 12.1 Å². The highest BCUT2D eigenvalue weighted by Crippen LogP contribution is 2.10. The van der Waals surface area contributed by atoms with Crippen molar-refractivity contribution in [2.75, 3.05) is 19.7 Å². The number of aliphatic hydroxyl groups excluding tert-OH is 1. The number of hydrogen-bond acceptors (Lipinski definition) is 3. The molecule has 1 unspecified atom stereocenters. The molecule has 1 aliphatic heterocycles. The summed E-state index contributed by atoms with van der Waals surface area (Å²) in [6.45, 7) is 1.89. The van der Waals surface area contributed by atoms with E-state index >= 15 is 0 Å². The first-order valence-electron chi connectivity index (χ1n) is 3.37. The lowest BCUT2D eigenvalue weighted by Crippen LogP contribution is -2.55. The van der Waals surface area contributed by atoms with E-state index in [4.69, 9.17) is 10.8 Å². The molecule has 3 nitrogen and oxygen atoms in total. The molecule has 4 N–H and O–H groups in total. The highest BCUT2D eigenvalue weighted by molar-refractivity contribution is 4.88. The quantitative estimate of drug-likeness (QED) is 0.429. The first-order chi connectivity index (χ1) is 4.27. The van der Waals surface area contributed by atoms with Crippen LogP contribution >= 0.6 is 0 Å². The van der Waals surface area contributed by atoms with Crippen molar-refractivity contribution in [2.45, 2.75) is 18.4 Å². The van der Waals surface area contributed by atoms with E-state index in [1.807, 2.05) is 0 Å². The molecule has 1 fully saturated rings. The minimum atomic E-state index is -0.335. The monoisotopic (exact) mass is 130 g/mol. The van der Waals surface area contributed by atoms with Crippen molar-refractivity contribution in [3.05, 3.63) is 0 Å². The molecule has 1 atom stereocenters. The van der Waals surface area contributed by atoms with Crippen molar-refractivity contribution in [3.8, 4) is 0 Å². The van der Waals surface area contributed by atoms with E-state index in [1.165, 1.54) is 0 Å². The van der Waals surface area contributed by atoms with Gasteiger partial charge in [0, 0.05) is 6.54 Å². The maximum Gasteiger partial charge on any atom is 0.0623 e. The molecule has 0 spiro atoms. The van der Waals surface area contributed by atoms with Gasteiger partial charge in [-0.2, -0.15) is 0 Å². The molecule has 0 amide bonds. The van der Waals surface area contributed by atoms with Gasteiger partial charge in [0.2, 0.25) is 0 Å². The smallest absolute Gasteiger partial charge is 0.0623 e. The highest BCUT2D eigenvalue weighted by Gasteiger charge is 2.25. The van der Waals surface area contributed by atoms with E-state index in [2.05, 4.69) is 5.32 Å². The summed E-state index contributed by atoms with van der Waals surface area (Å²) >= 11 is 0. The number of aliphatic hydroxyl groups is 1. The molecule has 1 saturated heterocycles. The van der Waals surface area contributed by atoms with Crippen LogP contribution in [-0.4, -0.2) is 30.3 Å². The van der Waals surface area contributed by atoms with Gasteiger partial charge in [-0.3, -0.25) is 0 Å². The van der Waals surface area contributed by atoms with Gasteiger partial charge < -0.3 is 16.2 Å². The Labute approximate surface area is 55.2 Å². The molecule has 0 radical (unpaired) electrons. The fourth-order valence-electron chi connectivity index (χ4n) is 1.13. The Morgan fingerprint density at radius 1 is 1.67 bits per heavy atom. The van der Waals surface area contributed by atoms with E-state index in [0.29, 0.717) is 0 Å². The maximum absolute atomic E-state index is 8.79. The summed E-state index contributed by atoms with van der Waals surface area (Å²) in [7, 11) is 0. The third-order valence-electron chi connectivity index (χ3n) is 1.82. The highest BCUT2D eigenvalue weighted by atomic mass is 16.3. The zero-order valence-corrected chi connectivity index (χ0v) is 5.56. The van der Waals surface area contributed by atoms with Crippen molar-refractivity contribution in [2.24, 2.45) is 5.73 Å². The summed E-state index contributed by atoms with van der Waals surface area (Å²) in [6, 6.07) is 0. The van der Waals surface area contributed by atoms with Crippen molar-refractivity contribution >= 4 is 0 Å². The van der Waals surface area contributed by atoms with Gasteiger partial charge in [-0.15, -0.1) is 0 Å². The molecule has 0 aromatic rings. The largest absolute Gasteiger partial charge is 0.394 e. The second-order valence-corrected chi connectivity index (χ2v) is 2.80. The maximum atomic E-state index is 8.79. The Hall–Kier alpha value is -0.120. The zero-order chi connectivity index (χ0) is 6.74. The summed E-state index contributed by atoms with van der Waals surface area (Å²) < 4.78 is 0. The summed E-state index contributed by atoms with van der Waals surface area (Å²) in [5, 5.41) is 11.9. The third kappa shape index (κ3) is 1.64. The van der Waals surface area contributed by atoms with Gasteiger partial charge in [0.05, 0.1) is 12.1 Å². The van der Waals surface area contributed by atoms with Crippen LogP contribution in [0.1, 0.15) is 12.8 Å². The first kappa shape index (κ1) is 6.99. The lowest BCUT2D eigenvalue weighted by molar-refractivity contribution is 0.167. The van der Waals surface area contributed by atoms with Crippen LogP contribution in [0.4, 0.5) is 0 Å². The minimum absolute atomic E-state index is 0.0972. The predicted octanol–water partition coefficient (Wildman–Crippen LogP) is -0.940. The topological polar surface area (TPSA) is 58.3 Å². The summed E-state index contributed by atoms with van der Waals surface area (Å²) in [4.78, 5) is 0. The minimum Gasteiger partial charge on any atom is -0.394 e. The van der Waals surface area contributed by atoms with Gasteiger partial charge in [-0.05, 0) is 19.4 Å². The molecule has 9 heavy (non-hydrogen) atoms. The van der Waals surface area contributed by atoms with Gasteiger partial charge in [0.25, 0.3) is 0 Å². The third-order valence-corrected chi connectivity index (χ3v) is 1.82. The van der Waals surface area contributed by atoms with Crippen LogP contribution < -0.4 is 11.1 Å². The lowest BCUT2D eigenvalue weighted by atomic mass is 9.93. The second-order valence-electron chi connectivity index (χ2n) is 2.80. The molecule has 0 saturated carbocycles. The Kier molecular flexibility index (Phi) is 2.05. The Balaban J connectivity index is 2.37. The van der Waals surface area contributed by atoms with E-state index in [0.717, 1.165) is 25.9 Å². The molecular weight excluding hydrogens is 116 g/mol. The molecular formula is C6H14N2O. The SMILES string of the molecule is NC1(CO)CCCNC1. The van der Waals surface area contributed by atoms with E-state index in [1.54, 1.807) is 0 Å². The Morgan fingerprint density at radius 2 is 2.44 bits per heavy atom. The normalized spacial score (nSPS) is 36.7. The summed E-state index contributed by atoms with van der Waals surface area (Å²) in [6.07, 6.45) is 2.02. The molecule has 1 aliphatic rings. The lowest BCUT2D eigenvalue weighted by Gasteiger charge is -2.31. The van der Waals surface area contributed by atoms with Crippen molar-refractivity contribution in [1.29, 1.82) is 0 Å². The molecule has 54 valence electrons. The fraction of sp³-hybridized carbons (Fsp3) is 1.00. The molecule has 0 aromatic carbocycles. The molecule has 0 bridgehead atoms. The van der Waals surface area contributed by atoms with Gasteiger partial charge in [0.15, 0.2) is 0 Å². The molecule has 3 heteroatoms. The molecule has 1 heterocycles. The molecule has 0 aromatic heterocycles. The number of nitrogens with two attached hydrogens (primary N) is 1. The van der Waals surface area contributed by atoms with Crippen LogP contribution in [-0.2, 0) is 0 Å². The fourth-order valence-corrected chi connectivity index (χ4v) is 1.13. The number of hydrogen-bond donors (Lipinski definition) is 3. The van der Waals surface area contributed by atoms with Crippen LogP contribution in [0.2, 0.25) is 0 Å². The van der Waals surface area contributed by atoms with Crippen molar-refractivity contribution in [3.63, 3.8) is 0 Å². The predicted molar refractivity (Wildman–Crippen MR) is 36.1 cm³/mol. The Morgan fingerprint density at radius 3 is 2.78 bits per heavy atom. The van der Waals surface area contributed by atoms with E-state index in [9.17, 15) is 0 Å². The number of nitrogens with one attached hydrogen (secondary N) is 1. The number of rotatable bonds is 1. The van der Waals surface area contributed by atoms with Gasteiger partial charge in [0.1, 0.15) is 0 Å².